The molecule has 29 heteroatoms. The highest BCUT2D eigenvalue weighted by molar-refractivity contribution is 7.89. The fourth-order valence-electron chi connectivity index (χ4n) is 8.53. The molecule has 5 aromatic rings. The van der Waals surface area contributed by atoms with E-state index in [1.54, 1.807) is 0 Å². The first-order valence-electron chi connectivity index (χ1n) is 23.5. The number of hydrogen-bond acceptors (Lipinski definition) is 15. The molecule has 2 fully saturated rings. The van der Waals surface area contributed by atoms with Gasteiger partial charge in [0.05, 0.1) is 57.6 Å². The molecule has 5 heterocycles. The summed E-state index contributed by atoms with van der Waals surface area (Å²) in [4.78, 5) is 44.6. The van der Waals surface area contributed by atoms with Crippen LogP contribution in [0.4, 0.5) is 61.2 Å². The summed E-state index contributed by atoms with van der Waals surface area (Å²) in [6.45, 7) is -2.33. The van der Waals surface area contributed by atoms with Crippen LogP contribution in [0.25, 0.3) is 0 Å². The maximum absolute atomic E-state index is 15.3. The van der Waals surface area contributed by atoms with Gasteiger partial charge in [0.2, 0.25) is 11.8 Å². The molecule has 3 aromatic heterocycles. The van der Waals surface area contributed by atoms with E-state index in [1.807, 2.05) is 0 Å². The molecule has 2 aromatic carbocycles. The molecule has 0 aliphatic carbocycles. The molecule has 0 spiro atoms. The van der Waals surface area contributed by atoms with Gasteiger partial charge in [0.15, 0.2) is 5.03 Å². The Kier molecular flexibility index (Phi) is 17.6. The standard InChI is InChI=1S/C49H50F10N8O10S/c1-72-33-9-7-30(39(24-33)74-3)28-66(29-31-8-10-34(73-2)25-40(31)75-4)78(70,71)41-21-32(11-16-60-41)67(45(69)38-23-36(77-49(57,58)59)27-62-43(38)65-18-6-13-47(52,53)15-20-65)63-44(68)37-22-35(76-48(54,55)56)26-61-42(37)64-17-5-12-46(50,51)14-19-64/h7-11,16,21-27H,5-6,12-15,17-20,28-29H2,1-4H3,(H,63,68). The van der Waals surface area contributed by atoms with Gasteiger partial charge in [-0.3, -0.25) is 15.0 Å². The Balaban J connectivity index is 1.41. The van der Waals surface area contributed by atoms with Crippen LogP contribution in [-0.4, -0.2) is 119 Å². The minimum absolute atomic E-state index is 0.180. The van der Waals surface area contributed by atoms with E-state index in [0.717, 1.165) is 22.6 Å². The number of carbonyl (C=O) groups excluding carboxylic acids is 2. The molecule has 1 N–H and O–H groups in total. The lowest BCUT2D eigenvalue weighted by Crippen LogP contribution is -2.48. The summed E-state index contributed by atoms with van der Waals surface area (Å²) in [5.74, 6) is -11.6. The number of carbonyl (C=O) groups is 2. The van der Waals surface area contributed by atoms with Crippen molar-refractivity contribution >= 4 is 39.2 Å². The Morgan fingerprint density at radius 1 is 0.615 bits per heavy atom. The molecule has 0 unspecified atom stereocenters. The number of hydrogen-bond donors (Lipinski definition) is 1. The number of methoxy groups -OCH3 is 4. The molecule has 18 nitrogen and oxygen atoms in total. The second-order valence-corrected chi connectivity index (χ2v) is 19.5. The first-order valence-corrected chi connectivity index (χ1v) is 25.0. The highest BCUT2D eigenvalue weighted by Crippen LogP contribution is 2.38. The molecule has 422 valence electrons. The molecule has 0 bridgehead atoms. The first-order chi connectivity index (χ1) is 36.7. The Labute approximate surface area is 439 Å². The van der Waals surface area contributed by atoms with Crippen molar-refractivity contribution in [1.29, 1.82) is 0 Å². The second kappa shape index (κ2) is 23.6. The van der Waals surface area contributed by atoms with Crippen molar-refractivity contribution in [3.05, 3.63) is 102 Å². The molecule has 2 saturated heterocycles. The third-order valence-corrected chi connectivity index (χ3v) is 14.0. The Bertz CT molecular complexity index is 3030. The summed E-state index contributed by atoms with van der Waals surface area (Å²) in [5.41, 5.74) is 0.449. The van der Waals surface area contributed by atoms with Crippen molar-refractivity contribution in [2.45, 2.75) is 81.2 Å². The van der Waals surface area contributed by atoms with Gasteiger partial charge in [-0.25, -0.2) is 45.9 Å². The molecular weight excluding hydrogens is 1080 g/mol. The predicted molar refractivity (Wildman–Crippen MR) is 258 cm³/mol. The number of pyridine rings is 3. The molecule has 78 heavy (non-hydrogen) atoms. The number of aromatic nitrogens is 3. The van der Waals surface area contributed by atoms with Gasteiger partial charge in [-0.15, -0.1) is 26.3 Å². The maximum atomic E-state index is 15.3. The second-order valence-electron chi connectivity index (χ2n) is 17.6. The fraction of sp³-hybridized carbons (Fsp3) is 0.408. The van der Waals surface area contributed by atoms with Crippen LogP contribution in [0.1, 0.15) is 70.4 Å². The van der Waals surface area contributed by atoms with Crippen LogP contribution in [0.15, 0.2) is 84.3 Å². The van der Waals surface area contributed by atoms with Crippen LogP contribution < -0.4 is 48.7 Å². The zero-order valence-corrected chi connectivity index (χ0v) is 42.7. The molecule has 0 atom stereocenters. The monoisotopic (exact) mass is 1130 g/mol. The van der Waals surface area contributed by atoms with E-state index in [4.69, 9.17) is 18.9 Å². The van der Waals surface area contributed by atoms with Crippen LogP contribution in [0.3, 0.4) is 0 Å². The van der Waals surface area contributed by atoms with Gasteiger partial charge in [-0.2, -0.15) is 4.31 Å². The van der Waals surface area contributed by atoms with Crippen LogP contribution in [0.5, 0.6) is 34.5 Å². The van der Waals surface area contributed by atoms with Crippen molar-refractivity contribution < 1.29 is 90.3 Å². The summed E-state index contributed by atoms with van der Waals surface area (Å²) in [7, 11) is 0.472. The van der Waals surface area contributed by atoms with Crippen LogP contribution >= 0.6 is 0 Å². The SMILES string of the molecule is COc1ccc(CN(Cc2ccc(OC)cc2OC)S(=O)(=O)c2cc(N(NC(=O)c3cc(OC(F)(F)F)cnc3N3CCCC(F)(F)CC3)C(=O)c3cc(OC(F)(F)F)cnc3N3CCCC(F)(F)CC3)ccn2)c(OC)c1. The number of rotatable bonds is 17. The fourth-order valence-corrected chi connectivity index (χ4v) is 9.88. The highest BCUT2D eigenvalue weighted by Gasteiger charge is 2.39. The number of halogens is 10. The number of hydrazine groups is 1. The van der Waals surface area contributed by atoms with Gasteiger partial charge in [0, 0.05) is 100 Å². The third-order valence-electron chi connectivity index (χ3n) is 12.3. The predicted octanol–water partition coefficient (Wildman–Crippen LogP) is 9.34. The van der Waals surface area contributed by atoms with Crippen molar-refractivity contribution in [2.24, 2.45) is 0 Å². The van der Waals surface area contributed by atoms with E-state index >= 15 is 13.2 Å². The largest absolute Gasteiger partial charge is 0.573 e. The third kappa shape index (κ3) is 14.5. The lowest BCUT2D eigenvalue weighted by molar-refractivity contribution is -0.275. The van der Waals surface area contributed by atoms with E-state index in [9.17, 15) is 48.7 Å². The van der Waals surface area contributed by atoms with Crippen molar-refractivity contribution in [2.75, 3.05) is 69.4 Å². The minimum atomic E-state index is -5.39. The van der Waals surface area contributed by atoms with Crippen LogP contribution in [0.2, 0.25) is 0 Å². The molecule has 2 amide bonds. The van der Waals surface area contributed by atoms with E-state index in [0.29, 0.717) is 41.0 Å². The minimum Gasteiger partial charge on any atom is -0.497 e. The molecule has 7 rings (SSSR count). The molecular formula is C49H50F10N8O10S. The summed E-state index contributed by atoms with van der Waals surface area (Å²) >= 11 is 0. The number of alkyl halides is 10. The van der Waals surface area contributed by atoms with Gasteiger partial charge in [-0.1, -0.05) is 12.1 Å². The first kappa shape index (κ1) is 58.1. The number of nitrogens with zero attached hydrogens (tertiary/aromatic N) is 7. The zero-order chi connectivity index (χ0) is 56.8. The summed E-state index contributed by atoms with van der Waals surface area (Å²) in [6.07, 6.45) is -11.9. The summed E-state index contributed by atoms with van der Waals surface area (Å²) in [5, 5.41) is -0.545. The van der Waals surface area contributed by atoms with Crippen molar-refractivity contribution in [3.8, 4) is 34.5 Å². The zero-order valence-electron chi connectivity index (χ0n) is 41.9. The van der Waals surface area contributed by atoms with E-state index < -0.39 is 143 Å². The normalized spacial score (nSPS) is 15.9. The van der Waals surface area contributed by atoms with Gasteiger partial charge < -0.3 is 38.2 Å². The van der Waals surface area contributed by atoms with Gasteiger partial charge >= 0.3 is 12.7 Å². The lowest BCUT2D eigenvalue weighted by Gasteiger charge is -2.29. The van der Waals surface area contributed by atoms with Crippen LogP contribution in [-0.2, 0) is 23.1 Å². The summed E-state index contributed by atoms with van der Waals surface area (Å²) in [6, 6.07) is 11.9. The number of benzene rings is 2. The Hall–Kier alpha value is -7.56. The Morgan fingerprint density at radius 3 is 1.55 bits per heavy atom. The smallest absolute Gasteiger partial charge is 0.497 e. The molecule has 0 saturated carbocycles. The van der Waals surface area contributed by atoms with Gasteiger partial charge in [-0.05, 0) is 43.2 Å². The molecule has 2 aliphatic rings. The van der Waals surface area contributed by atoms with Gasteiger partial charge in [0.25, 0.3) is 21.8 Å². The van der Waals surface area contributed by atoms with E-state index in [2.05, 4.69) is 29.9 Å². The quantitative estimate of drug-likeness (QED) is 0.0685. The molecule has 2 aliphatic heterocycles. The Morgan fingerprint density at radius 2 is 1.09 bits per heavy atom. The number of amides is 2. The maximum Gasteiger partial charge on any atom is 0.573 e. The number of sulfonamides is 1. The van der Waals surface area contributed by atoms with Crippen LogP contribution in [0, 0.1) is 0 Å². The number of ether oxygens (including phenoxy) is 6. The topological polar surface area (TPSA) is 187 Å². The average molecular weight is 1130 g/mol. The number of anilines is 3. The van der Waals surface area contributed by atoms with Crippen molar-refractivity contribution in [3.63, 3.8) is 0 Å². The lowest BCUT2D eigenvalue weighted by atomic mass is 10.1. The van der Waals surface area contributed by atoms with E-state index in [-0.39, 0.29) is 48.6 Å². The number of nitrogens with one attached hydrogen (secondary N) is 1. The molecule has 0 radical (unpaired) electrons. The van der Waals surface area contributed by atoms with E-state index in [1.165, 1.54) is 74.6 Å². The van der Waals surface area contributed by atoms with Crippen molar-refractivity contribution in [1.82, 2.24) is 24.7 Å². The summed E-state index contributed by atoms with van der Waals surface area (Å²) < 4.78 is 202. The average Bonchev–Trinajstić information content (AvgIpc) is 3.72. The highest BCUT2D eigenvalue weighted by atomic mass is 32.2. The van der Waals surface area contributed by atoms with Gasteiger partial charge in [0.1, 0.15) is 46.1 Å².